The van der Waals surface area contributed by atoms with Crippen molar-refractivity contribution < 1.29 is 0 Å². The van der Waals surface area contributed by atoms with Gasteiger partial charge in [0, 0.05) is 19.1 Å². The molecule has 0 unspecified atom stereocenters. The van der Waals surface area contributed by atoms with Crippen LogP contribution in [0.3, 0.4) is 0 Å². The van der Waals surface area contributed by atoms with Gasteiger partial charge in [-0.2, -0.15) is 0 Å². The normalized spacial score (nSPS) is 41.9. The van der Waals surface area contributed by atoms with Gasteiger partial charge in [-0.25, -0.2) is 0 Å². The van der Waals surface area contributed by atoms with Crippen molar-refractivity contribution in [2.24, 2.45) is 23.7 Å². The number of hydrogen-bond donors (Lipinski definition) is 1. The zero-order chi connectivity index (χ0) is 12.3. The van der Waals surface area contributed by atoms with Crippen LogP contribution in [0.4, 0.5) is 0 Å². The first-order valence-corrected chi connectivity index (χ1v) is 7.31. The minimum absolute atomic E-state index is 0.304. The Balaban J connectivity index is 1.36. The summed E-state index contributed by atoms with van der Waals surface area (Å²) in [5, 5.41) is 3.63. The minimum Gasteiger partial charge on any atom is -0.312 e. The Hall–Kier alpha value is -0.900. The van der Waals surface area contributed by atoms with Crippen molar-refractivity contribution in [3.63, 3.8) is 0 Å². The van der Waals surface area contributed by atoms with Crippen molar-refractivity contribution >= 4 is 0 Å². The van der Waals surface area contributed by atoms with E-state index in [1.807, 2.05) is 0 Å². The van der Waals surface area contributed by atoms with Crippen LogP contribution in [-0.4, -0.2) is 17.2 Å². The van der Waals surface area contributed by atoms with Crippen molar-refractivity contribution in [3.05, 3.63) is 20.7 Å². The van der Waals surface area contributed by atoms with Gasteiger partial charge in [-0.15, -0.1) is 0 Å². The van der Waals surface area contributed by atoms with Crippen LogP contribution in [0.25, 0.3) is 0 Å². The lowest BCUT2D eigenvalue weighted by Gasteiger charge is -2.54. The van der Waals surface area contributed by atoms with Crippen LogP contribution in [0.15, 0.2) is 9.59 Å². The Morgan fingerprint density at radius 3 is 2.00 bits per heavy atom. The average Bonchev–Trinajstić information content (AvgIpc) is 2.90. The maximum Gasteiger partial charge on any atom is 0.319 e. The molecule has 1 aromatic heterocycles. The summed E-state index contributed by atoms with van der Waals surface area (Å²) in [6, 6.07) is 0.656. The van der Waals surface area contributed by atoms with E-state index in [1.54, 1.807) is 0 Å². The summed E-state index contributed by atoms with van der Waals surface area (Å²) in [6.45, 7) is 1.35. The van der Waals surface area contributed by atoms with Gasteiger partial charge < -0.3 is 5.32 Å². The highest BCUT2D eigenvalue weighted by Crippen LogP contribution is 2.53. The standard InChI is InChI=1S/C14H20N2O2/c17-13-14(18)16(13)2-1-15-12-10-4-8-3-9(6-10)7-11(12)5-8/h8-12,15H,1-7H2. The van der Waals surface area contributed by atoms with E-state index in [2.05, 4.69) is 5.32 Å². The monoisotopic (exact) mass is 248 g/mol. The van der Waals surface area contributed by atoms with Crippen LogP contribution in [0, 0.1) is 23.7 Å². The molecule has 4 heteroatoms. The summed E-state index contributed by atoms with van der Waals surface area (Å²) in [5.74, 6) is 3.73. The molecule has 4 aliphatic rings. The summed E-state index contributed by atoms with van der Waals surface area (Å²) in [6.07, 6.45) is 7.12. The van der Waals surface area contributed by atoms with Crippen LogP contribution < -0.4 is 16.4 Å². The van der Waals surface area contributed by atoms with E-state index in [1.165, 1.54) is 36.7 Å². The molecule has 0 amide bonds. The second-order valence-corrected chi connectivity index (χ2v) is 6.67. The molecule has 0 aliphatic heterocycles. The van der Waals surface area contributed by atoms with Gasteiger partial charge in [-0.05, 0) is 55.8 Å². The third-order valence-corrected chi connectivity index (χ3v) is 5.57. The predicted octanol–water partition coefficient (Wildman–Crippen LogP) is 0.498. The fraction of sp³-hybridized carbons (Fsp3) is 0.857. The fourth-order valence-corrected chi connectivity index (χ4v) is 4.97. The Morgan fingerprint density at radius 1 is 0.944 bits per heavy atom. The van der Waals surface area contributed by atoms with E-state index < -0.39 is 0 Å². The zero-order valence-corrected chi connectivity index (χ0v) is 10.6. The van der Waals surface area contributed by atoms with Crippen LogP contribution in [-0.2, 0) is 6.54 Å². The molecule has 5 rings (SSSR count). The van der Waals surface area contributed by atoms with Gasteiger partial charge in [0.15, 0.2) is 0 Å². The maximum atomic E-state index is 10.9. The highest BCUT2D eigenvalue weighted by Gasteiger charge is 2.47. The summed E-state index contributed by atoms with van der Waals surface area (Å²) >= 11 is 0. The number of nitrogens with zero attached hydrogens (tertiary/aromatic N) is 1. The molecule has 4 fully saturated rings. The van der Waals surface area contributed by atoms with Crippen molar-refractivity contribution in [1.29, 1.82) is 0 Å². The fourth-order valence-electron chi connectivity index (χ4n) is 4.97. The molecule has 0 atom stereocenters. The first-order chi connectivity index (χ1) is 8.72. The van der Waals surface area contributed by atoms with Gasteiger partial charge in [-0.3, -0.25) is 14.2 Å². The first-order valence-electron chi connectivity index (χ1n) is 7.31. The highest BCUT2D eigenvalue weighted by atomic mass is 16.2. The molecule has 4 saturated carbocycles. The summed E-state index contributed by atoms with van der Waals surface area (Å²) in [4.78, 5) is 21.8. The van der Waals surface area contributed by atoms with E-state index in [-0.39, 0.29) is 11.1 Å². The van der Waals surface area contributed by atoms with Gasteiger partial charge in [0.1, 0.15) is 0 Å². The van der Waals surface area contributed by atoms with Gasteiger partial charge >= 0.3 is 11.1 Å². The van der Waals surface area contributed by atoms with Gasteiger partial charge in [0.2, 0.25) is 0 Å². The molecule has 1 aromatic rings. The second-order valence-electron chi connectivity index (χ2n) is 6.67. The van der Waals surface area contributed by atoms with Crippen LogP contribution in [0.5, 0.6) is 0 Å². The van der Waals surface area contributed by atoms with E-state index in [0.29, 0.717) is 12.6 Å². The zero-order valence-electron chi connectivity index (χ0n) is 10.6. The highest BCUT2D eigenvalue weighted by molar-refractivity contribution is 5.01. The third kappa shape index (κ3) is 1.62. The molecule has 0 saturated heterocycles. The Kier molecular flexibility index (Phi) is 2.31. The lowest BCUT2D eigenvalue weighted by atomic mass is 9.54. The predicted molar refractivity (Wildman–Crippen MR) is 68.2 cm³/mol. The number of nitrogens with one attached hydrogen (secondary N) is 1. The summed E-state index contributed by atoms with van der Waals surface area (Å²) < 4.78 is 1.34. The smallest absolute Gasteiger partial charge is 0.312 e. The molecule has 98 valence electrons. The Bertz CT molecular complexity index is 473. The molecule has 0 aromatic carbocycles. The van der Waals surface area contributed by atoms with E-state index in [4.69, 9.17) is 0 Å². The number of aromatic nitrogens is 1. The minimum atomic E-state index is -0.304. The number of rotatable bonds is 4. The summed E-state index contributed by atoms with van der Waals surface area (Å²) in [7, 11) is 0. The average molecular weight is 248 g/mol. The van der Waals surface area contributed by atoms with Crippen molar-refractivity contribution in [3.8, 4) is 0 Å². The molecular weight excluding hydrogens is 228 g/mol. The van der Waals surface area contributed by atoms with E-state index in [9.17, 15) is 9.59 Å². The topological polar surface area (TPSA) is 51.1 Å². The Morgan fingerprint density at radius 2 is 1.50 bits per heavy atom. The van der Waals surface area contributed by atoms with E-state index in [0.717, 1.165) is 30.2 Å². The maximum absolute atomic E-state index is 10.9. The molecule has 4 nitrogen and oxygen atoms in total. The SMILES string of the molecule is O=c1c(=O)n1CCNC1C2CC3CC(C2)CC1C3. The van der Waals surface area contributed by atoms with Gasteiger partial charge in [0.05, 0.1) is 0 Å². The molecule has 1 N–H and O–H groups in total. The Labute approximate surface area is 106 Å². The van der Waals surface area contributed by atoms with Crippen molar-refractivity contribution in [1.82, 2.24) is 9.88 Å². The second kappa shape index (κ2) is 3.80. The first kappa shape index (κ1) is 11.0. The molecule has 0 spiro atoms. The largest absolute Gasteiger partial charge is 0.319 e. The van der Waals surface area contributed by atoms with Crippen LogP contribution in [0.1, 0.15) is 32.1 Å². The molecule has 1 heterocycles. The quantitative estimate of drug-likeness (QED) is 0.789. The van der Waals surface area contributed by atoms with Gasteiger partial charge in [0.25, 0.3) is 0 Å². The van der Waals surface area contributed by atoms with Crippen LogP contribution >= 0.6 is 0 Å². The van der Waals surface area contributed by atoms with Gasteiger partial charge in [-0.1, -0.05) is 0 Å². The molecular formula is C14H20N2O2. The molecule has 4 aliphatic carbocycles. The molecule has 0 radical (unpaired) electrons. The molecule has 4 bridgehead atoms. The third-order valence-electron chi connectivity index (χ3n) is 5.57. The van der Waals surface area contributed by atoms with Crippen LogP contribution in [0.2, 0.25) is 0 Å². The lowest BCUT2D eigenvalue weighted by molar-refractivity contribution is -0.0136. The van der Waals surface area contributed by atoms with Crippen molar-refractivity contribution in [2.75, 3.05) is 6.54 Å². The lowest BCUT2D eigenvalue weighted by Crippen LogP contribution is -2.54. The number of hydrogen-bond acceptors (Lipinski definition) is 3. The summed E-state index contributed by atoms with van der Waals surface area (Å²) in [5.41, 5.74) is -0.608. The van der Waals surface area contributed by atoms with Crippen molar-refractivity contribution in [2.45, 2.75) is 44.7 Å². The van der Waals surface area contributed by atoms with E-state index >= 15 is 0 Å². The molecule has 18 heavy (non-hydrogen) atoms.